The fourth-order valence-corrected chi connectivity index (χ4v) is 0. The van der Waals surface area contributed by atoms with Gasteiger partial charge in [-0.3, -0.25) is 0 Å². The van der Waals surface area contributed by atoms with E-state index in [1.165, 1.54) is 13.8 Å². The third-order valence-electron chi connectivity index (χ3n) is 0.694. The van der Waals surface area contributed by atoms with Crippen molar-refractivity contribution < 1.29 is 74.0 Å². The van der Waals surface area contributed by atoms with E-state index in [4.69, 9.17) is 29.7 Å². The molecule has 0 aliphatic rings. The Kier molecular flexibility index (Phi) is 19.2. The van der Waals surface area contributed by atoms with Crippen LogP contribution < -0.4 is 15.3 Å². The third-order valence-corrected chi connectivity index (χ3v) is 0.694. The van der Waals surface area contributed by atoms with Gasteiger partial charge in [0.05, 0.1) is 0 Å². The maximum Gasteiger partial charge on any atom is 3.00 e. The molecule has 0 rings (SSSR count). The number of halogens is 9. The molecule has 0 radical (unpaired) electrons. The predicted octanol–water partition coefficient (Wildman–Crippen LogP) is -1.89. The minimum atomic E-state index is -5.19. The van der Waals surface area contributed by atoms with Crippen LogP contribution in [0.3, 0.4) is 0 Å². The Balaban J connectivity index is -0.0000000759. The zero-order chi connectivity index (χ0) is 21.8. The first kappa shape index (κ1) is 35.2. The van der Waals surface area contributed by atoms with E-state index < -0.39 is 36.4 Å². The van der Waals surface area contributed by atoms with Crippen LogP contribution in [0.1, 0.15) is 13.8 Å². The van der Waals surface area contributed by atoms with Gasteiger partial charge in [0.25, 0.3) is 0 Å². The molecule has 150 valence electrons. The molecule has 7 nitrogen and oxygen atoms in total. The summed E-state index contributed by atoms with van der Waals surface area (Å²) in [5, 5.41) is 26.4. The molecular weight excluding hydrogens is 418 g/mol. The van der Waals surface area contributed by atoms with Crippen LogP contribution in [0.5, 0.6) is 0 Å². The molecule has 0 atom stereocenters. The molecule has 0 aliphatic heterocycles. The summed E-state index contributed by atoms with van der Waals surface area (Å²) in [6.45, 7) is 3.06. The first-order valence-corrected chi connectivity index (χ1v) is 4.88. The maximum absolute atomic E-state index is 10.5. The van der Waals surface area contributed by atoms with E-state index in [1.54, 1.807) is 0 Å². The number of hydrogen-bond acceptors (Lipinski definition) is 7. The first-order valence-electron chi connectivity index (χ1n) is 4.88. The topological polar surface area (TPSA) is 137 Å². The number of carbonyl (C=O) groups excluding carboxylic acids is 4. The molecule has 0 aromatic carbocycles. The SMILES string of the molecule is CC(C)=O.O=C([O-])C(F)(F)F.O=C([O-])C(F)(F)F.O=C([O-])C(F)(F)F.[Al+3]. The van der Waals surface area contributed by atoms with Gasteiger partial charge in [0.2, 0.25) is 0 Å². The molecule has 0 aromatic rings. The van der Waals surface area contributed by atoms with E-state index in [-0.39, 0.29) is 23.1 Å². The van der Waals surface area contributed by atoms with Crippen LogP contribution in [0.15, 0.2) is 0 Å². The largest absolute Gasteiger partial charge is 3.00 e. The van der Waals surface area contributed by atoms with Gasteiger partial charge in [-0.2, -0.15) is 39.5 Å². The molecule has 0 aliphatic carbocycles. The van der Waals surface area contributed by atoms with Crippen LogP contribution in [0, 0.1) is 0 Å². The number of ketones is 1. The van der Waals surface area contributed by atoms with E-state index >= 15 is 0 Å². The number of Topliss-reactive ketones (excluding diaryl/α,β-unsaturated/α-hetero) is 1. The summed E-state index contributed by atoms with van der Waals surface area (Å²) in [6, 6.07) is 0. The van der Waals surface area contributed by atoms with Gasteiger partial charge >= 0.3 is 35.9 Å². The van der Waals surface area contributed by atoms with Crippen LogP contribution in [-0.4, -0.2) is 59.6 Å². The molecule has 0 amide bonds. The average Bonchev–Trinajstić information content (AvgIpc) is 2.25. The van der Waals surface area contributed by atoms with Crippen LogP contribution in [0.2, 0.25) is 0 Å². The van der Waals surface area contributed by atoms with Gasteiger partial charge in [-0.1, -0.05) is 0 Å². The van der Waals surface area contributed by atoms with Gasteiger partial charge in [0, 0.05) is 0 Å². The van der Waals surface area contributed by atoms with Crippen LogP contribution in [0.4, 0.5) is 39.5 Å². The Morgan fingerprint density at radius 1 is 0.538 bits per heavy atom. The first-order chi connectivity index (χ1) is 10.6. The van der Waals surface area contributed by atoms with Crippen molar-refractivity contribution in [2.75, 3.05) is 0 Å². The normalized spacial score (nSPS) is 10.1. The monoisotopic (exact) mass is 424 g/mol. The van der Waals surface area contributed by atoms with Crippen molar-refractivity contribution >= 4 is 41.1 Å². The number of hydrogen-bond donors (Lipinski definition) is 0. The number of carboxylic acid groups (broad SMARTS) is 3. The average molecular weight is 424 g/mol. The molecule has 0 saturated heterocycles. The maximum atomic E-state index is 10.5. The van der Waals surface area contributed by atoms with Crippen molar-refractivity contribution in [2.45, 2.75) is 32.4 Å². The van der Waals surface area contributed by atoms with Crippen molar-refractivity contribution in [3.05, 3.63) is 0 Å². The van der Waals surface area contributed by atoms with Gasteiger partial charge in [-0.05, 0) is 13.8 Å². The summed E-state index contributed by atoms with van der Waals surface area (Å²) in [4.78, 5) is 35.8. The van der Waals surface area contributed by atoms with E-state index in [1.807, 2.05) is 0 Å². The summed E-state index contributed by atoms with van der Waals surface area (Å²) in [5.41, 5.74) is 0. The summed E-state index contributed by atoms with van der Waals surface area (Å²) in [7, 11) is 0. The number of aliphatic carboxylic acids is 3. The zero-order valence-electron chi connectivity index (χ0n) is 12.3. The van der Waals surface area contributed by atoms with Gasteiger partial charge in [0.15, 0.2) is 0 Å². The molecule has 26 heavy (non-hydrogen) atoms. The molecule has 0 saturated carbocycles. The van der Waals surface area contributed by atoms with Crippen molar-refractivity contribution in [1.29, 1.82) is 0 Å². The van der Waals surface area contributed by atoms with E-state index in [9.17, 15) is 44.3 Å². The smallest absolute Gasteiger partial charge is 0.542 e. The van der Waals surface area contributed by atoms with Gasteiger partial charge < -0.3 is 34.5 Å². The van der Waals surface area contributed by atoms with Crippen molar-refractivity contribution in [3.8, 4) is 0 Å². The Bertz CT molecular complexity index is 393. The number of carboxylic acids is 3. The molecule has 0 unspecified atom stereocenters. The number of alkyl halides is 9. The molecule has 0 bridgehead atoms. The Morgan fingerprint density at radius 3 is 0.577 bits per heavy atom. The van der Waals surface area contributed by atoms with Crippen molar-refractivity contribution in [2.24, 2.45) is 0 Å². The minimum absolute atomic E-state index is 0. The number of carbonyl (C=O) groups is 4. The quantitative estimate of drug-likeness (QED) is 0.328. The second-order valence-corrected chi connectivity index (χ2v) is 3.26. The molecule has 0 heterocycles. The third kappa shape index (κ3) is 37.9. The molecular formula is C9H6AlF9O7. The van der Waals surface area contributed by atoms with Gasteiger partial charge in [-0.15, -0.1) is 0 Å². The Hall–Kier alpha value is -2.02. The van der Waals surface area contributed by atoms with Crippen LogP contribution in [-0.2, 0) is 19.2 Å². The molecule has 0 N–H and O–H groups in total. The number of rotatable bonds is 0. The molecule has 17 heteroatoms. The minimum Gasteiger partial charge on any atom is -0.542 e. The second kappa shape index (κ2) is 14.2. The van der Waals surface area contributed by atoms with Gasteiger partial charge in [0.1, 0.15) is 23.7 Å². The van der Waals surface area contributed by atoms with E-state index in [2.05, 4.69) is 0 Å². The molecule has 0 spiro atoms. The van der Waals surface area contributed by atoms with E-state index in [0.717, 1.165) is 0 Å². The van der Waals surface area contributed by atoms with Gasteiger partial charge in [-0.25, -0.2) is 0 Å². The Labute approximate surface area is 148 Å². The summed E-state index contributed by atoms with van der Waals surface area (Å²) in [6.07, 6.45) is -15.6. The summed E-state index contributed by atoms with van der Waals surface area (Å²) in [5.74, 6) is -8.85. The zero-order valence-corrected chi connectivity index (χ0v) is 13.5. The van der Waals surface area contributed by atoms with Crippen molar-refractivity contribution in [1.82, 2.24) is 0 Å². The Morgan fingerprint density at radius 2 is 0.577 bits per heavy atom. The van der Waals surface area contributed by atoms with Crippen molar-refractivity contribution in [3.63, 3.8) is 0 Å². The van der Waals surface area contributed by atoms with E-state index in [0.29, 0.717) is 0 Å². The molecule has 0 aromatic heterocycles. The fourth-order valence-electron chi connectivity index (χ4n) is 0. The summed E-state index contributed by atoms with van der Waals surface area (Å²) >= 11 is 0. The van der Waals surface area contributed by atoms with Crippen LogP contribution in [0.25, 0.3) is 0 Å². The molecule has 0 fully saturated rings. The fraction of sp³-hybridized carbons (Fsp3) is 0.556. The second-order valence-electron chi connectivity index (χ2n) is 3.26. The predicted molar refractivity (Wildman–Crippen MR) is 55.3 cm³/mol. The summed E-state index contributed by atoms with van der Waals surface area (Å²) < 4.78 is 94.6. The van der Waals surface area contributed by atoms with Crippen LogP contribution >= 0.6 is 0 Å². The standard InChI is InChI=1S/C3H6O.3C2HF3O2.Al/c1-3(2)4;3*3-2(4,5)1(6)7;/h1-2H3;3*(H,6,7);/q;;;;+3/p-3.